The molecule has 0 saturated heterocycles. The second-order valence-electron chi connectivity index (χ2n) is 11.2. The first-order valence-corrected chi connectivity index (χ1v) is 14.8. The van der Waals surface area contributed by atoms with Crippen LogP contribution in [0.5, 0.6) is 11.5 Å². The molecule has 43 heavy (non-hydrogen) atoms. The lowest BCUT2D eigenvalue weighted by Gasteiger charge is -2.23. The Hall–Kier alpha value is -5.66. The molecule has 0 N–H and O–H groups in total. The molecule has 0 amide bonds. The Bertz CT molecular complexity index is 2360. The summed E-state index contributed by atoms with van der Waals surface area (Å²) in [7, 11) is 0. The molecule has 0 spiro atoms. The predicted octanol–water partition coefficient (Wildman–Crippen LogP) is 11.9. The van der Waals surface area contributed by atoms with Crippen molar-refractivity contribution in [1.82, 2.24) is 0 Å². The molecule has 0 unspecified atom stereocenters. The van der Waals surface area contributed by atoms with Gasteiger partial charge >= 0.3 is 0 Å². The van der Waals surface area contributed by atoms with Gasteiger partial charge in [-0.15, -0.1) is 0 Å². The maximum atomic E-state index is 6.39. The Morgan fingerprint density at radius 3 is 1.40 bits per heavy atom. The molecule has 200 valence electrons. The van der Waals surface area contributed by atoms with E-state index >= 15 is 0 Å². The lowest BCUT2D eigenvalue weighted by atomic mass is 9.86. The van der Waals surface area contributed by atoms with Crippen molar-refractivity contribution in [3.8, 4) is 56.0 Å². The van der Waals surface area contributed by atoms with Crippen LogP contribution >= 0.6 is 0 Å². The molecule has 1 aliphatic heterocycles. The normalized spacial score (nSPS) is 11.9. The van der Waals surface area contributed by atoms with E-state index in [4.69, 9.17) is 4.74 Å². The van der Waals surface area contributed by atoms with E-state index in [0.717, 1.165) is 17.1 Å². The third kappa shape index (κ3) is 3.65. The maximum Gasteiger partial charge on any atom is 0.135 e. The van der Waals surface area contributed by atoms with Gasteiger partial charge in [0.1, 0.15) is 11.5 Å². The summed E-state index contributed by atoms with van der Waals surface area (Å²) in [6.07, 6.45) is 0. The minimum atomic E-state index is 0.913. The average molecular weight is 547 g/mol. The summed E-state index contributed by atoms with van der Waals surface area (Å²) >= 11 is 0. The highest BCUT2D eigenvalue weighted by atomic mass is 16.5. The van der Waals surface area contributed by atoms with E-state index in [2.05, 4.69) is 146 Å². The van der Waals surface area contributed by atoms with Gasteiger partial charge in [0.15, 0.2) is 0 Å². The molecule has 1 nitrogen and oxygen atoms in total. The van der Waals surface area contributed by atoms with Crippen molar-refractivity contribution in [2.45, 2.75) is 0 Å². The Labute approximate surface area is 250 Å². The van der Waals surface area contributed by atoms with Gasteiger partial charge in [-0.25, -0.2) is 0 Å². The Balaban J connectivity index is 1.27. The number of ether oxygens (including phenoxy) is 1. The molecule has 0 aliphatic carbocycles. The van der Waals surface area contributed by atoms with Crippen LogP contribution in [0.15, 0.2) is 158 Å². The third-order valence-corrected chi connectivity index (χ3v) is 8.91. The van der Waals surface area contributed by atoms with Crippen LogP contribution in [0.3, 0.4) is 0 Å². The monoisotopic (exact) mass is 546 g/mol. The van der Waals surface area contributed by atoms with E-state index in [0.29, 0.717) is 0 Å². The van der Waals surface area contributed by atoms with E-state index in [1.54, 1.807) is 0 Å². The number of benzene rings is 8. The fraction of sp³-hybridized carbons (Fsp3) is 0. The number of rotatable bonds is 3. The number of fused-ring (bicyclic) bond motifs is 4. The summed E-state index contributed by atoms with van der Waals surface area (Å²) in [6, 6.07) is 56.7. The first-order valence-electron chi connectivity index (χ1n) is 14.8. The van der Waals surface area contributed by atoms with E-state index in [9.17, 15) is 0 Å². The zero-order valence-corrected chi connectivity index (χ0v) is 23.4. The minimum Gasteiger partial charge on any atom is -0.456 e. The molecular formula is C42H26O. The van der Waals surface area contributed by atoms with Gasteiger partial charge in [0.2, 0.25) is 0 Å². The summed E-state index contributed by atoms with van der Waals surface area (Å²) in [5.41, 5.74) is 9.80. The highest BCUT2D eigenvalue weighted by molar-refractivity contribution is 6.16. The highest BCUT2D eigenvalue weighted by Gasteiger charge is 2.22. The van der Waals surface area contributed by atoms with Crippen molar-refractivity contribution in [1.29, 1.82) is 0 Å². The van der Waals surface area contributed by atoms with Gasteiger partial charge in [-0.2, -0.15) is 0 Å². The fourth-order valence-electron chi connectivity index (χ4n) is 6.99. The Morgan fingerprint density at radius 2 is 0.721 bits per heavy atom. The average Bonchev–Trinajstić information content (AvgIpc) is 3.08. The number of hydrogen-bond donors (Lipinski definition) is 0. The lowest BCUT2D eigenvalue weighted by molar-refractivity contribution is 0.487. The van der Waals surface area contributed by atoms with Crippen molar-refractivity contribution in [3.05, 3.63) is 158 Å². The summed E-state index contributed by atoms with van der Waals surface area (Å²) in [5.74, 6) is 1.83. The largest absolute Gasteiger partial charge is 0.456 e. The molecule has 1 heteroatoms. The van der Waals surface area contributed by atoms with Gasteiger partial charge < -0.3 is 4.74 Å². The molecule has 8 aromatic carbocycles. The molecule has 0 aromatic heterocycles. The smallest absolute Gasteiger partial charge is 0.135 e. The zero-order valence-electron chi connectivity index (χ0n) is 23.4. The van der Waals surface area contributed by atoms with E-state index in [-0.39, 0.29) is 0 Å². The molecule has 0 atom stereocenters. The Morgan fingerprint density at radius 1 is 0.256 bits per heavy atom. The number of hydrogen-bond acceptors (Lipinski definition) is 1. The first kappa shape index (κ1) is 24.0. The molecule has 9 rings (SSSR count). The SMILES string of the molecule is c1ccc(-c2ccc(-c3ccc(-c4ccc5c6c(cccc46)-c4ccccc4O5)c4ccccc34)c3ccccc23)cc1. The second-order valence-corrected chi connectivity index (χ2v) is 11.2. The van der Waals surface area contributed by atoms with Crippen LogP contribution in [0.25, 0.3) is 76.8 Å². The zero-order chi connectivity index (χ0) is 28.3. The van der Waals surface area contributed by atoms with Crippen molar-refractivity contribution in [2.24, 2.45) is 0 Å². The van der Waals surface area contributed by atoms with Crippen molar-refractivity contribution in [2.75, 3.05) is 0 Å². The number of para-hydroxylation sites is 1. The standard InChI is InChI=1S/C42H26O/c1-2-11-27(12-3-1)28-21-22-33(30-14-5-4-13-29(28)30)34-23-24-35(32-16-7-6-15-31(32)34)36-25-26-41-42-38(36)18-10-19-39(42)37-17-8-9-20-40(37)43-41/h1-26H. The molecule has 1 aliphatic rings. The minimum absolute atomic E-state index is 0.913. The summed E-state index contributed by atoms with van der Waals surface area (Å²) < 4.78 is 6.39. The van der Waals surface area contributed by atoms with E-state index in [1.165, 1.54) is 71.3 Å². The van der Waals surface area contributed by atoms with Crippen molar-refractivity contribution >= 4 is 32.3 Å². The molecule has 8 aromatic rings. The van der Waals surface area contributed by atoms with Crippen LogP contribution in [-0.4, -0.2) is 0 Å². The summed E-state index contributed by atoms with van der Waals surface area (Å²) in [4.78, 5) is 0. The Kier molecular flexibility index (Phi) is 5.27. The van der Waals surface area contributed by atoms with Crippen LogP contribution in [-0.2, 0) is 0 Å². The quantitative estimate of drug-likeness (QED) is 0.214. The van der Waals surface area contributed by atoms with Crippen molar-refractivity contribution < 1.29 is 4.74 Å². The van der Waals surface area contributed by atoms with Gasteiger partial charge in [0.25, 0.3) is 0 Å². The van der Waals surface area contributed by atoms with Crippen LogP contribution in [0, 0.1) is 0 Å². The predicted molar refractivity (Wildman–Crippen MR) is 181 cm³/mol. The van der Waals surface area contributed by atoms with Crippen LogP contribution in [0.2, 0.25) is 0 Å². The second kappa shape index (κ2) is 9.44. The highest BCUT2D eigenvalue weighted by Crippen LogP contribution is 2.49. The van der Waals surface area contributed by atoms with Gasteiger partial charge in [-0.1, -0.05) is 146 Å². The molecule has 1 heterocycles. The van der Waals surface area contributed by atoms with Crippen LogP contribution in [0.4, 0.5) is 0 Å². The molecular weight excluding hydrogens is 520 g/mol. The fourth-order valence-corrected chi connectivity index (χ4v) is 6.99. The molecule has 0 bridgehead atoms. The van der Waals surface area contributed by atoms with Gasteiger partial charge in [-0.05, 0) is 78.0 Å². The van der Waals surface area contributed by atoms with E-state index in [1.807, 2.05) is 12.1 Å². The lowest BCUT2D eigenvalue weighted by Crippen LogP contribution is -1.97. The molecule has 0 saturated carbocycles. The first-order chi connectivity index (χ1) is 21.3. The van der Waals surface area contributed by atoms with Gasteiger partial charge in [-0.3, -0.25) is 0 Å². The molecule has 0 radical (unpaired) electrons. The van der Waals surface area contributed by atoms with Gasteiger partial charge in [0.05, 0.1) is 0 Å². The maximum absolute atomic E-state index is 6.39. The summed E-state index contributed by atoms with van der Waals surface area (Å²) in [6.45, 7) is 0. The summed E-state index contributed by atoms with van der Waals surface area (Å²) in [5, 5.41) is 7.41. The van der Waals surface area contributed by atoms with E-state index < -0.39 is 0 Å². The molecule has 0 fully saturated rings. The van der Waals surface area contributed by atoms with Crippen molar-refractivity contribution in [3.63, 3.8) is 0 Å². The van der Waals surface area contributed by atoms with Crippen LogP contribution < -0.4 is 4.74 Å². The van der Waals surface area contributed by atoms with Gasteiger partial charge in [0, 0.05) is 10.9 Å². The van der Waals surface area contributed by atoms with Crippen LogP contribution in [0.1, 0.15) is 0 Å². The third-order valence-electron chi connectivity index (χ3n) is 8.91. The topological polar surface area (TPSA) is 9.23 Å².